The number of aromatic carboxylic acids is 1. The predicted octanol–water partition coefficient (Wildman–Crippen LogP) is 3.68. The van der Waals surface area contributed by atoms with E-state index in [0.717, 1.165) is 11.3 Å². The lowest BCUT2D eigenvalue weighted by molar-refractivity contribution is -0.116. The monoisotopic (exact) mass is 422 g/mol. The first kappa shape index (κ1) is 20.3. The molecule has 3 aromatic rings. The number of carboxylic acid groups (broad SMARTS) is 1. The molecule has 0 aliphatic carbocycles. The van der Waals surface area contributed by atoms with E-state index in [0.29, 0.717) is 28.6 Å². The van der Waals surface area contributed by atoms with E-state index in [-0.39, 0.29) is 23.8 Å². The number of aromatic nitrogens is 1. The summed E-state index contributed by atoms with van der Waals surface area (Å²) in [4.78, 5) is 24.5. The van der Waals surface area contributed by atoms with Crippen LogP contribution >= 0.6 is 0 Å². The Labute approximate surface area is 179 Å². The number of hydrogen-bond donors (Lipinski definition) is 2. The van der Waals surface area contributed by atoms with Crippen LogP contribution in [0.15, 0.2) is 48.7 Å². The van der Waals surface area contributed by atoms with Crippen molar-refractivity contribution in [2.75, 3.05) is 26.6 Å². The Morgan fingerprint density at radius 3 is 2.52 bits per heavy atom. The summed E-state index contributed by atoms with van der Waals surface area (Å²) >= 11 is 0. The SMILES string of the molecule is COc1cccc(-n2cc(C(=O)O)c3c2C(c2ccc(OC)c(OC)c2)CC(=O)N3)c1. The average molecular weight is 422 g/mol. The minimum Gasteiger partial charge on any atom is -0.497 e. The van der Waals surface area contributed by atoms with Gasteiger partial charge in [0, 0.05) is 30.3 Å². The van der Waals surface area contributed by atoms with E-state index in [2.05, 4.69) is 5.32 Å². The summed E-state index contributed by atoms with van der Waals surface area (Å²) in [5.74, 6) is -0.0156. The quantitative estimate of drug-likeness (QED) is 0.629. The van der Waals surface area contributed by atoms with E-state index in [9.17, 15) is 14.7 Å². The smallest absolute Gasteiger partial charge is 0.339 e. The number of ether oxygens (including phenoxy) is 3. The third kappa shape index (κ3) is 3.56. The molecular weight excluding hydrogens is 400 g/mol. The highest BCUT2D eigenvalue weighted by Gasteiger charge is 2.34. The van der Waals surface area contributed by atoms with Crippen LogP contribution in [0.3, 0.4) is 0 Å². The molecule has 1 unspecified atom stereocenters. The highest BCUT2D eigenvalue weighted by atomic mass is 16.5. The van der Waals surface area contributed by atoms with Crippen LogP contribution in [0.25, 0.3) is 5.69 Å². The van der Waals surface area contributed by atoms with E-state index in [1.807, 2.05) is 36.4 Å². The van der Waals surface area contributed by atoms with E-state index >= 15 is 0 Å². The number of fused-ring (bicyclic) bond motifs is 1. The molecule has 160 valence electrons. The molecule has 0 saturated carbocycles. The van der Waals surface area contributed by atoms with Crippen molar-refractivity contribution in [2.45, 2.75) is 12.3 Å². The fourth-order valence-electron chi connectivity index (χ4n) is 3.95. The van der Waals surface area contributed by atoms with Crippen molar-refractivity contribution in [3.05, 3.63) is 65.5 Å². The molecule has 2 aromatic carbocycles. The summed E-state index contributed by atoms with van der Waals surface area (Å²) in [5, 5.41) is 12.5. The molecule has 2 N–H and O–H groups in total. The van der Waals surface area contributed by atoms with Gasteiger partial charge in [-0.25, -0.2) is 4.79 Å². The number of rotatable bonds is 6. The number of hydrogen-bond acceptors (Lipinski definition) is 5. The van der Waals surface area contributed by atoms with Crippen LogP contribution in [0, 0.1) is 0 Å². The van der Waals surface area contributed by atoms with Gasteiger partial charge in [0.25, 0.3) is 0 Å². The second kappa shape index (κ2) is 8.06. The van der Waals surface area contributed by atoms with Crippen LogP contribution in [0.1, 0.15) is 34.0 Å². The highest BCUT2D eigenvalue weighted by molar-refractivity contribution is 6.04. The van der Waals surface area contributed by atoms with Gasteiger partial charge in [-0.15, -0.1) is 0 Å². The lowest BCUT2D eigenvalue weighted by Crippen LogP contribution is -2.25. The summed E-state index contributed by atoms with van der Waals surface area (Å²) < 4.78 is 17.9. The lowest BCUT2D eigenvalue weighted by Gasteiger charge is -2.27. The Bertz CT molecular complexity index is 1170. The van der Waals surface area contributed by atoms with Crippen LogP contribution in [-0.4, -0.2) is 42.9 Å². The molecule has 0 bridgehead atoms. The van der Waals surface area contributed by atoms with Gasteiger partial charge in [0.05, 0.1) is 32.7 Å². The standard InChI is InChI=1S/C23H22N2O6/c1-29-15-6-4-5-14(10-15)25-12-17(23(27)28)21-22(25)16(11-20(26)24-21)13-7-8-18(30-2)19(9-13)31-3/h4-10,12,16H,11H2,1-3H3,(H,24,26)(H,27,28). The fraction of sp³-hybridized carbons (Fsp3) is 0.217. The number of carbonyl (C=O) groups excluding carboxylic acids is 1. The van der Waals surface area contributed by atoms with Crippen LogP contribution in [0.5, 0.6) is 17.2 Å². The molecule has 31 heavy (non-hydrogen) atoms. The van der Waals surface area contributed by atoms with Crippen molar-refractivity contribution in [2.24, 2.45) is 0 Å². The van der Waals surface area contributed by atoms with Gasteiger partial charge in [0.1, 0.15) is 11.3 Å². The van der Waals surface area contributed by atoms with Gasteiger partial charge >= 0.3 is 5.97 Å². The highest BCUT2D eigenvalue weighted by Crippen LogP contribution is 2.43. The number of carboxylic acids is 1. The first-order chi connectivity index (χ1) is 15.0. The molecule has 4 rings (SSSR count). The van der Waals surface area contributed by atoms with E-state index in [4.69, 9.17) is 14.2 Å². The lowest BCUT2D eigenvalue weighted by atomic mass is 9.88. The number of nitrogens with one attached hydrogen (secondary N) is 1. The largest absolute Gasteiger partial charge is 0.497 e. The van der Waals surface area contributed by atoms with Gasteiger partial charge in [-0.05, 0) is 29.8 Å². The maximum Gasteiger partial charge on any atom is 0.339 e. The van der Waals surface area contributed by atoms with Gasteiger partial charge in [-0.2, -0.15) is 0 Å². The molecule has 8 nitrogen and oxygen atoms in total. The maximum absolute atomic E-state index is 12.5. The number of carbonyl (C=O) groups is 2. The summed E-state index contributed by atoms with van der Waals surface area (Å²) in [6.07, 6.45) is 1.69. The first-order valence-electron chi connectivity index (χ1n) is 9.61. The molecule has 2 heterocycles. The third-order valence-corrected chi connectivity index (χ3v) is 5.40. The molecule has 0 fully saturated rings. The van der Waals surface area contributed by atoms with Crippen LogP contribution < -0.4 is 19.5 Å². The fourth-order valence-corrected chi connectivity index (χ4v) is 3.95. The molecule has 0 spiro atoms. The summed E-state index contributed by atoms with van der Waals surface area (Å²) in [6.45, 7) is 0. The zero-order chi connectivity index (χ0) is 22.1. The topological polar surface area (TPSA) is 99.0 Å². The minimum atomic E-state index is -1.12. The number of benzene rings is 2. The van der Waals surface area contributed by atoms with Gasteiger partial charge in [-0.1, -0.05) is 12.1 Å². The molecule has 1 amide bonds. The van der Waals surface area contributed by atoms with Crippen molar-refractivity contribution in [1.29, 1.82) is 0 Å². The number of amides is 1. The third-order valence-electron chi connectivity index (χ3n) is 5.40. The molecule has 1 atom stereocenters. The summed E-state index contributed by atoms with van der Waals surface area (Å²) in [6, 6.07) is 12.8. The Hall–Kier alpha value is -3.94. The minimum absolute atomic E-state index is 0.0244. The molecule has 0 radical (unpaired) electrons. The maximum atomic E-state index is 12.5. The summed E-state index contributed by atoms with van der Waals surface area (Å²) in [7, 11) is 4.67. The zero-order valence-electron chi connectivity index (χ0n) is 17.3. The van der Waals surface area contributed by atoms with Gasteiger partial charge < -0.3 is 29.2 Å². The van der Waals surface area contributed by atoms with Crippen molar-refractivity contribution < 1.29 is 28.9 Å². The predicted molar refractivity (Wildman–Crippen MR) is 114 cm³/mol. The van der Waals surface area contributed by atoms with Crippen LogP contribution in [0.2, 0.25) is 0 Å². The van der Waals surface area contributed by atoms with Gasteiger partial charge in [-0.3, -0.25) is 4.79 Å². The Morgan fingerprint density at radius 1 is 1.06 bits per heavy atom. The van der Waals surface area contributed by atoms with E-state index in [1.165, 1.54) is 6.20 Å². The average Bonchev–Trinajstić information content (AvgIpc) is 3.17. The van der Waals surface area contributed by atoms with Gasteiger partial charge in [0.15, 0.2) is 11.5 Å². The van der Waals surface area contributed by atoms with Crippen molar-refractivity contribution in [3.63, 3.8) is 0 Å². The van der Waals surface area contributed by atoms with Crippen molar-refractivity contribution in [3.8, 4) is 22.9 Å². The van der Waals surface area contributed by atoms with Crippen molar-refractivity contribution >= 4 is 17.6 Å². The molecular formula is C23H22N2O6. The molecule has 1 aromatic heterocycles. The Balaban J connectivity index is 1.95. The second-order valence-corrected chi connectivity index (χ2v) is 7.10. The zero-order valence-corrected chi connectivity index (χ0v) is 17.3. The second-order valence-electron chi connectivity index (χ2n) is 7.10. The molecule has 0 saturated heterocycles. The van der Waals surface area contributed by atoms with E-state index in [1.54, 1.807) is 32.0 Å². The first-order valence-corrected chi connectivity index (χ1v) is 9.61. The van der Waals surface area contributed by atoms with Gasteiger partial charge in [0.2, 0.25) is 5.91 Å². The Kier molecular flexibility index (Phi) is 5.29. The molecule has 1 aliphatic heterocycles. The number of nitrogens with zero attached hydrogens (tertiary/aromatic N) is 1. The Morgan fingerprint density at radius 2 is 1.84 bits per heavy atom. The van der Waals surface area contributed by atoms with Crippen LogP contribution in [-0.2, 0) is 4.79 Å². The molecule has 8 heteroatoms. The molecule has 1 aliphatic rings. The van der Waals surface area contributed by atoms with Crippen LogP contribution in [0.4, 0.5) is 5.69 Å². The van der Waals surface area contributed by atoms with E-state index < -0.39 is 5.97 Å². The normalized spacial score (nSPS) is 15.1. The summed E-state index contributed by atoms with van der Waals surface area (Å²) in [5.41, 5.74) is 2.54. The number of anilines is 1. The number of methoxy groups -OCH3 is 3. The van der Waals surface area contributed by atoms with Crippen molar-refractivity contribution in [1.82, 2.24) is 4.57 Å².